The highest BCUT2D eigenvalue weighted by molar-refractivity contribution is 6.00. The normalized spacial score (nSPS) is 15.7. The number of urea groups is 2. The zero-order valence-corrected chi connectivity index (χ0v) is 21.0. The van der Waals surface area contributed by atoms with Gasteiger partial charge in [-0.05, 0) is 55.5 Å². The molecule has 0 saturated carbocycles. The third kappa shape index (κ3) is 6.41. The monoisotopic (exact) mass is 478 g/mol. The molecule has 0 fully saturated rings. The van der Waals surface area contributed by atoms with Gasteiger partial charge in [0.2, 0.25) is 0 Å². The fourth-order valence-electron chi connectivity index (χ4n) is 3.87. The smallest absolute Gasteiger partial charge is 0.338 e. The number of allylic oxidation sites excluding steroid dienone is 1. The molecule has 1 aliphatic rings. The lowest BCUT2D eigenvalue weighted by molar-refractivity contribution is -0.140. The Kier molecular flexibility index (Phi) is 8.52. The predicted octanol–water partition coefficient (Wildman–Crippen LogP) is 5.59. The summed E-state index contributed by atoms with van der Waals surface area (Å²) in [6.07, 6.45) is 0.759. The van der Waals surface area contributed by atoms with Crippen LogP contribution in [0.25, 0.3) is 0 Å². The minimum atomic E-state index is -0.648. The fourth-order valence-corrected chi connectivity index (χ4v) is 3.87. The number of carbonyl (C=O) groups excluding carboxylic acids is 3. The number of amides is 4. The number of benzene rings is 2. The van der Waals surface area contributed by atoms with E-state index >= 15 is 0 Å². The van der Waals surface area contributed by atoms with Crippen LogP contribution in [0.2, 0.25) is 0 Å². The van der Waals surface area contributed by atoms with Gasteiger partial charge in [-0.1, -0.05) is 51.1 Å². The Morgan fingerprint density at radius 3 is 2.37 bits per heavy atom. The van der Waals surface area contributed by atoms with Crippen LogP contribution in [-0.4, -0.2) is 36.1 Å². The number of nitrogens with one attached hydrogen (secondary N) is 3. The average molecular weight is 479 g/mol. The maximum absolute atomic E-state index is 13.0. The molecule has 1 unspecified atom stereocenters. The summed E-state index contributed by atoms with van der Waals surface area (Å²) in [6.45, 7) is 10.4. The molecule has 2 aromatic rings. The van der Waals surface area contributed by atoms with Crippen LogP contribution in [0.3, 0.4) is 0 Å². The second kappa shape index (κ2) is 11.6. The molecule has 8 heteroatoms. The molecule has 186 valence electrons. The lowest BCUT2D eigenvalue weighted by atomic mass is 9.94. The van der Waals surface area contributed by atoms with Crippen molar-refractivity contribution in [1.29, 1.82) is 0 Å². The van der Waals surface area contributed by atoms with Gasteiger partial charge >= 0.3 is 18.0 Å². The Labute approximate surface area is 206 Å². The largest absolute Gasteiger partial charge is 0.462 e. The van der Waals surface area contributed by atoms with E-state index in [0.717, 1.165) is 23.2 Å². The summed E-state index contributed by atoms with van der Waals surface area (Å²) in [6, 6.07) is 13.3. The number of para-hydroxylation sites is 1. The van der Waals surface area contributed by atoms with Crippen molar-refractivity contribution in [2.45, 2.75) is 47.1 Å². The Hall–Kier alpha value is -3.81. The second-order valence-electron chi connectivity index (χ2n) is 9.04. The Bertz CT molecular complexity index is 1110. The topological polar surface area (TPSA) is 99.8 Å². The molecule has 0 spiro atoms. The quantitative estimate of drug-likeness (QED) is 0.431. The zero-order valence-electron chi connectivity index (χ0n) is 21.0. The number of esters is 1. The minimum absolute atomic E-state index is 0.194. The third-order valence-corrected chi connectivity index (χ3v) is 5.71. The van der Waals surface area contributed by atoms with Gasteiger partial charge in [0.15, 0.2) is 0 Å². The standard InChI is InChI=1S/C27H34N4O4/c1-6-15-31-19(5)23(25(32)35-16-17(2)3)24(30-27(31)34)20-11-13-21(14-12-20)28-26(33)29-22-10-8-7-9-18(22)4/h7-14,17,24H,6,15-16H2,1-5H3,(H,30,34)(H2,28,29,33). The van der Waals surface area contributed by atoms with Gasteiger partial charge in [-0.25, -0.2) is 14.4 Å². The van der Waals surface area contributed by atoms with E-state index in [2.05, 4.69) is 16.0 Å². The van der Waals surface area contributed by atoms with Gasteiger partial charge in [0.1, 0.15) is 0 Å². The predicted molar refractivity (Wildman–Crippen MR) is 137 cm³/mol. The summed E-state index contributed by atoms with van der Waals surface area (Å²) < 4.78 is 5.53. The highest BCUT2D eigenvalue weighted by Gasteiger charge is 2.36. The molecular formula is C27H34N4O4. The van der Waals surface area contributed by atoms with Crippen LogP contribution in [0, 0.1) is 12.8 Å². The van der Waals surface area contributed by atoms with Crippen LogP contribution < -0.4 is 16.0 Å². The third-order valence-electron chi connectivity index (χ3n) is 5.71. The van der Waals surface area contributed by atoms with Crippen LogP contribution in [-0.2, 0) is 9.53 Å². The average Bonchev–Trinajstić information content (AvgIpc) is 2.82. The van der Waals surface area contributed by atoms with E-state index in [1.165, 1.54) is 0 Å². The first kappa shape index (κ1) is 25.8. The van der Waals surface area contributed by atoms with Gasteiger partial charge in [0.05, 0.1) is 18.2 Å². The molecule has 0 radical (unpaired) electrons. The van der Waals surface area contributed by atoms with E-state index in [1.54, 1.807) is 36.1 Å². The molecule has 1 heterocycles. The molecule has 0 aromatic heterocycles. The number of anilines is 2. The molecule has 0 saturated heterocycles. The molecule has 1 aliphatic heterocycles. The van der Waals surface area contributed by atoms with Crippen molar-refractivity contribution in [3.63, 3.8) is 0 Å². The van der Waals surface area contributed by atoms with Crippen LogP contribution in [0.4, 0.5) is 21.0 Å². The van der Waals surface area contributed by atoms with E-state index in [0.29, 0.717) is 30.1 Å². The summed E-state index contributed by atoms with van der Waals surface area (Å²) in [5, 5.41) is 8.58. The maximum Gasteiger partial charge on any atom is 0.338 e. The number of aryl methyl sites for hydroxylation is 1. The molecule has 4 amide bonds. The number of nitrogens with zero attached hydrogens (tertiary/aromatic N) is 1. The summed E-state index contributed by atoms with van der Waals surface area (Å²) in [5.74, 6) is -0.249. The highest BCUT2D eigenvalue weighted by Crippen LogP contribution is 2.32. The Morgan fingerprint density at radius 2 is 1.74 bits per heavy atom. The van der Waals surface area contributed by atoms with E-state index in [9.17, 15) is 14.4 Å². The number of hydrogen-bond donors (Lipinski definition) is 3. The van der Waals surface area contributed by atoms with Crippen molar-refractivity contribution in [3.8, 4) is 0 Å². The van der Waals surface area contributed by atoms with Crippen molar-refractivity contribution in [2.24, 2.45) is 5.92 Å². The van der Waals surface area contributed by atoms with E-state index in [-0.39, 0.29) is 18.0 Å². The molecule has 1 atom stereocenters. The van der Waals surface area contributed by atoms with Gasteiger partial charge in [-0.3, -0.25) is 4.90 Å². The summed E-state index contributed by atoms with van der Waals surface area (Å²) >= 11 is 0. The van der Waals surface area contributed by atoms with Gasteiger partial charge in [0, 0.05) is 23.6 Å². The van der Waals surface area contributed by atoms with E-state index in [4.69, 9.17) is 4.74 Å². The van der Waals surface area contributed by atoms with Crippen molar-refractivity contribution >= 4 is 29.4 Å². The van der Waals surface area contributed by atoms with E-state index in [1.807, 2.05) is 52.0 Å². The lowest BCUT2D eigenvalue weighted by Gasteiger charge is -2.35. The van der Waals surface area contributed by atoms with E-state index < -0.39 is 12.0 Å². The molecule has 2 aromatic carbocycles. The second-order valence-corrected chi connectivity index (χ2v) is 9.04. The maximum atomic E-state index is 13.0. The fraction of sp³-hybridized carbons (Fsp3) is 0.370. The zero-order chi connectivity index (χ0) is 25.5. The number of carbonyl (C=O) groups is 3. The SMILES string of the molecule is CCCN1C(=O)NC(c2ccc(NC(=O)Nc3ccccc3C)cc2)C(C(=O)OCC(C)C)=C1C. The number of rotatable bonds is 8. The van der Waals surface area contributed by atoms with Crippen LogP contribution in [0.5, 0.6) is 0 Å². The first-order valence-electron chi connectivity index (χ1n) is 11.9. The molecule has 8 nitrogen and oxygen atoms in total. The lowest BCUT2D eigenvalue weighted by Crippen LogP contribution is -2.48. The molecular weight excluding hydrogens is 444 g/mol. The first-order chi connectivity index (χ1) is 16.7. The Balaban J connectivity index is 1.80. The molecule has 3 rings (SSSR count). The molecule has 0 bridgehead atoms. The van der Waals surface area contributed by atoms with Crippen LogP contribution >= 0.6 is 0 Å². The van der Waals surface area contributed by atoms with Crippen molar-refractivity contribution < 1.29 is 19.1 Å². The van der Waals surface area contributed by atoms with Gasteiger partial charge in [-0.15, -0.1) is 0 Å². The summed E-state index contributed by atoms with van der Waals surface area (Å²) in [7, 11) is 0. The van der Waals surface area contributed by atoms with Gasteiger partial charge in [0.25, 0.3) is 0 Å². The van der Waals surface area contributed by atoms with Crippen molar-refractivity contribution in [2.75, 3.05) is 23.8 Å². The van der Waals surface area contributed by atoms with Gasteiger partial charge in [-0.2, -0.15) is 0 Å². The molecule has 0 aliphatic carbocycles. The van der Waals surface area contributed by atoms with Crippen molar-refractivity contribution in [3.05, 3.63) is 70.9 Å². The van der Waals surface area contributed by atoms with Crippen LogP contribution in [0.1, 0.15) is 51.3 Å². The summed E-state index contributed by atoms with van der Waals surface area (Å²) in [5.41, 5.74) is 4.00. The molecule has 3 N–H and O–H groups in total. The number of ether oxygens (including phenoxy) is 1. The van der Waals surface area contributed by atoms with Gasteiger partial charge < -0.3 is 20.7 Å². The van der Waals surface area contributed by atoms with Crippen LogP contribution in [0.15, 0.2) is 59.8 Å². The highest BCUT2D eigenvalue weighted by atomic mass is 16.5. The minimum Gasteiger partial charge on any atom is -0.462 e. The first-order valence-corrected chi connectivity index (χ1v) is 11.9. The molecule has 35 heavy (non-hydrogen) atoms. The summed E-state index contributed by atoms with van der Waals surface area (Å²) in [4.78, 5) is 39.8. The number of hydrogen-bond acceptors (Lipinski definition) is 4. The Morgan fingerprint density at radius 1 is 1.06 bits per heavy atom. The van der Waals surface area contributed by atoms with Crippen molar-refractivity contribution in [1.82, 2.24) is 10.2 Å².